The zero-order valence-corrected chi connectivity index (χ0v) is 58.4. The van der Waals surface area contributed by atoms with Crippen LogP contribution in [0.1, 0.15) is 373 Å². The summed E-state index contributed by atoms with van der Waals surface area (Å²) in [5, 5.41) is 54.8. The number of carbonyl (C=O) groups excluding carboxylic acids is 1. The number of ether oxygens (including phenoxy) is 2. The van der Waals surface area contributed by atoms with E-state index in [4.69, 9.17) is 9.47 Å². The van der Waals surface area contributed by atoms with Crippen LogP contribution in [0.25, 0.3) is 0 Å². The van der Waals surface area contributed by atoms with E-state index in [1.54, 1.807) is 6.08 Å². The van der Waals surface area contributed by atoms with Crippen LogP contribution in [0.4, 0.5) is 0 Å². The van der Waals surface area contributed by atoms with Crippen molar-refractivity contribution in [2.75, 3.05) is 13.2 Å². The maximum atomic E-state index is 13.1. The Bertz CT molecular complexity index is 1640. The lowest BCUT2D eigenvalue weighted by molar-refractivity contribution is -0.302. The molecule has 9 nitrogen and oxygen atoms in total. The topological polar surface area (TPSA) is 149 Å². The van der Waals surface area contributed by atoms with Gasteiger partial charge in [0.2, 0.25) is 5.91 Å². The van der Waals surface area contributed by atoms with Crippen LogP contribution in [-0.2, 0) is 14.3 Å². The normalized spacial score (nSPS) is 18.2. The highest BCUT2D eigenvalue weighted by Gasteiger charge is 2.44. The highest BCUT2D eigenvalue weighted by molar-refractivity contribution is 5.76. The molecule has 0 bridgehead atoms. The Morgan fingerprint density at radius 1 is 0.382 bits per heavy atom. The van der Waals surface area contributed by atoms with Gasteiger partial charge in [0.25, 0.3) is 0 Å². The third-order valence-electron chi connectivity index (χ3n) is 18.2. The first-order valence-corrected chi connectivity index (χ1v) is 38.7. The molecule has 0 radical (unpaired) electrons. The number of unbranched alkanes of at least 4 members (excludes halogenated alkanes) is 48. The number of amides is 1. The summed E-state index contributed by atoms with van der Waals surface area (Å²) in [6, 6.07) is -0.831. The highest BCUT2D eigenvalue weighted by atomic mass is 16.7. The number of aliphatic hydroxyl groups excluding tert-OH is 5. The molecule has 0 aromatic heterocycles. The Morgan fingerprint density at radius 3 is 1.02 bits per heavy atom. The maximum Gasteiger partial charge on any atom is 0.220 e. The van der Waals surface area contributed by atoms with Gasteiger partial charge < -0.3 is 40.3 Å². The molecular weight excluding hydrogens is 1100 g/mol. The number of hydrogen-bond donors (Lipinski definition) is 6. The van der Waals surface area contributed by atoms with E-state index in [0.717, 1.165) is 57.8 Å². The van der Waals surface area contributed by atoms with Gasteiger partial charge >= 0.3 is 0 Å². The lowest BCUT2D eigenvalue weighted by Crippen LogP contribution is -2.60. The van der Waals surface area contributed by atoms with Crippen molar-refractivity contribution in [3.8, 4) is 0 Å². The van der Waals surface area contributed by atoms with Gasteiger partial charge in [-0.2, -0.15) is 0 Å². The Balaban J connectivity index is 2.07. The molecular formula is C80H147NO8. The molecule has 1 saturated heterocycles. The maximum absolute atomic E-state index is 13.1. The third-order valence-corrected chi connectivity index (χ3v) is 18.2. The molecule has 1 fully saturated rings. The van der Waals surface area contributed by atoms with Gasteiger partial charge in [-0.1, -0.05) is 356 Å². The lowest BCUT2D eigenvalue weighted by atomic mass is 9.99. The van der Waals surface area contributed by atoms with Crippen molar-refractivity contribution < 1.29 is 39.8 Å². The fourth-order valence-corrected chi connectivity index (χ4v) is 12.2. The molecule has 9 heteroatoms. The van der Waals surface area contributed by atoms with Crippen LogP contribution in [0.15, 0.2) is 72.9 Å². The minimum absolute atomic E-state index is 0.185. The van der Waals surface area contributed by atoms with Crippen LogP contribution < -0.4 is 5.32 Å². The zero-order valence-electron chi connectivity index (χ0n) is 58.4. The molecule has 1 heterocycles. The second-order valence-electron chi connectivity index (χ2n) is 26.8. The number of nitrogens with one attached hydrogen (secondary N) is 1. The summed E-state index contributed by atoms with van der Waals surface area (Å²) < 4.78 is 11.3. The molecule has 0 aromatic carbocycles. The Morgan fingerprint density at radius 2 is 0.674 bits per heavy atom. The first kappa shape index (κ1) is 84.6. The quantitative estimate of drug-likeness (QED) is 0.0261. The fourth-order valence-electron chi connectivity index (χ4n) is 12.2. The van der Waals surface area contributed by atoms with Crippen molar-refractivity contribution >= 4 is 5.91 Å². The molecule has 0 spiro atoms. The molecule has 0 saturated carbocycles. The van der Waals surface area contributed by atoms with Crippen LogP contribution in [0, 0.1) is 0 Å². The Hall–Kier alpha value is -2.37. The number of hydrogen-bond acceptors (Lipinski definition) is 8. The minimum Gasteiger partial charge on any atom is -0.394 e. The summed E-state index contributed by atoms with van der Waals surface area (Å²) in [6.45, 7) is 3.79. The molecule has 1 aliphatic rings. The Kier molecular flexibility index (Phi) is 65.1. The summed E-state index contributed by atoms with van der Waals surface area (Å²) in [7, 11) is 0. The van der Waals surface area contributed by atoms with Gasteiger partial charge in [-0.25, -0.2) is 0 Å². The van der Waals surface area contributed by atoms with Crippen molar-refractivity contribution in [2.45, 2.75) is 416 Å². The Labute approximate surface area is 550 Å². The van der Waals surface area contributed by atoms with E-state index in [9.17, 15) is 30.3 Å². The molecule has 520 valence electrons. The van der Waals surface area contributed by atoms with Gasteiger partial charge in [-0.3, -0.25) is 4.79 Å². The predicted molar refractivity (Wildman–Crippen MR) is 382 cm³/mol. The number of allylic oxidation sites excluding steroid dienone is 11. The summed E-state index contributed by atoms with van der Waals surface area (Å²) >= 11 is 0. The summed E-state index contributed by atoms with van der Waals surface area (Å²) in [6.07, 6.45) is 90.5. The van der Waals surface area contributed by atoms with Gasteiger partial charge in [0.05, 0.1) is 25.4 Å². The third kappa shape index (κ3) is 56.9. The summed E-state index contributed by atoms with van der Waals surface area (Å²) in [4.78, 5) is 13.1. The molecule has 6 N–H and O–H groups in total. The molecule has 7 atom stereocenters. The zero-order chi connectivity index (χ0) is 64.2. The smallest absolute Gasteiger partial charge is 0.220 e. The van der Waals surface area contributed by atoms with E-state index in [1.165, 1.54) is 295 Å². The molecule has 0 aromatic rings. The van der Waals surface area contributed by atoms with E-state index in [0.29, 0.717) is 6.42 Å². The SMILES string of the molecule is CCCCCCC/C=C\C/C=C\C/C=C\CCCCCCCCCCCCCCCCCCCCCCCCCCCCC(=O)NC(COC1OC(CO)C(O)C(O)C1O)C(O)/C=C/CC/C=C/CC/C=C/CCCCCCCCCCCCCCCCC. The van der Waals surface area contributed by atoms with Crippen molar-refractivity contribution in [1.82, 2.24) is 5.32 Å². The van der Waals surface area contributed by atoms with Crippen molar-refractivity contribution in [2.24, 2.45) is 0 Å². The van der Waals surface area contributed by atoms with Gasteiger partial charge in [-0.05, 0) is 83.5 Å². The molecule has 7 unspecified atom stereocenters. The second kappa shape index (κ2) is 68.5. The van der Waals surface area contributed by atoms with E-state index >= 15 is 0 Å². The largest absolute Gasteiger partial charge is 0.394 e. The van der Waals surface area contributed by atoms with Crippen LogP contribution >= 0.6 is 0 Å². The van der Waals surface area contributed by atoms with Crippen molar-refractivity contribution in [3.05, 3.63) is 72.9 Å². The standard InChI is InChI=1S/C80H147NO8/c1-3-5-7-9-11-13-15-17-19-21-23-25-27-29-30-31-32-33-34-35-36-37-38-39-40-41-42-43-44-46-48-50-52-54-56-58-60-62-64-66-68-70-76(84)81-73(72-88-80-79(87)78(86)77(85)75(71-82)89-80)74(83)69-67-65-63-61-59-57-55-53-51-49-47-45-28-26-24-22-20-18-16-14-12-10-8-6-4-2/h15,17,21,23,27,29,51,53,59,61,67,69,73-75,77-80,82-83,85-87H,3-14,16,18-20,22,24-26,28,30-50,52,54-58,60,62-66,68,70-72H2,1-2H3,(H,81,84)/b17-15-,23-21-,29-27-,53-51+,61-59+,69-67+. The summed E-state index contributed by atoms with van der Waals surface area (Å²) in [5.41, 5.74) is 0. The van der Waals surface area contributed by atoms with Crippen molar-refractivity contribution in [3.63, 3.8) is 0 Å². The van der Waals surface area contributed by atoms with Crippen LogP contribution in [0.3, 0.4) is 0 Å². The molecule has 89 heavy (non-hydrogen) atoms. The van der Waals surface area contributed by atoms with E-state index in [-0.39, 0.29) is 12.5 Å². The fraction of sp³-hybridized carbons (Fsp3) is 0.838. The molecule has 0 aliphatic carbocycles. The number of rotatable bonds is 68. The first-order valence-electron chi connectivity index (χ1n) is 38.7. The van der Waals surface area contributed by atoms with Crippen LogP contribution in [0.5, 0.6) is 0 Å². The average molecular weight is 1250 g/mol. The number of carbonyl (C=O) groups is 1. The van der Waals surface area contributed by atoms with Gasteiger partial charge in [0, 0.05) is 6.42 Å². The average Bonchev–Trinajstić information content (AvgIpc) is 2.59. The van der Waals surface area contributed by atoms with Crippen LogP contribution in [0.2, 0.25) is 0 Å². The molecule has 1 aliphatic heterocycles. The predicted octanol–water partition coefficient (Wildman–Crippen LogP) is 21.9. The summed E-state index contributed by atoms with van der Waals surface area (Å²) in [5.74, 6) is -0.185. The second-order valence-corrected chi connectivity index (χ2v) is 26.8. The van der Waals surface area contributed by atoms with Crippen LogP contribution in [-0.4, -0.2) is 87.5 Å². The molecule has 1 amide bonds. The minimum atomic E-state index is -1.58. The van der Waals surface area contributed by atoms with E-state index in [2.05, 4.69) is 79.9 Å². The lowest BCUT2D eigenvalue weighted by Gasteiger charge is -2.40. The number of aliphatic hydroxyl groups is 5. The first-order chi connectivity index (χ1) is 43.8. The van der Waals surface area contributed by atoms with Gasteiger partial charge in [0.1, 0.15) is 24.4 Å². The van der Waals surface area contributed by atoms with E-state index in [1.807, 2.05) is 6.08 Å². The monoisotopic (exact) mass is 1250 g/mol. The highest BCUT2D eigenvalue weighted by Crippen LogP contribution is 2.24. The van der Waals surface area contributed by atoms with Gasteiger partial charge in [0.15, 0.2) is 6.29 Å². The van der Waals surface area contributed by atoms with Crippen molar-refractivity contribution in [1.29, 1.82) is 0 Å². The molecule has 1 rings (SSSR count). The van der Waals surface area contributed by atoms with Gasteiger partial charge in [-0.15, -0.1) is 0 Å². The van der Waals surface area contributed by atoms with E-state index < -0.39 is 49.5 Å².